The second-order valence-electron chi connectivity index (χ2n) is 8.97. The van der Waals surface area contributed by atoms with Crippen molar-refractivity contribution in [3.8, 4) is 0 Å². The molecule has 0 aliphatic heterocycles. The first-order valence-electron chi connectivity index (χ1n) is 7.89. The molecule has 1 N–H and O–H groups in total. The minimum absolute atomic E-state index is 0.482. The van der Waals surface area contributed by atoms with E-state index in [4.69, 9.17) is 0 Å². The van der Waals surface area contributed by atoms with Crippen molar-refractivity contribution in [3.05, 3.63) is 0 Å². The Labute approximate surface area is 114 Å². The van der Waals surface area contributed by atoms with Crippen LogP contribution in [0.25, 0.3) is 0 Å². The molecule has 1 nitrogen and oxygen atoms in total. The Hall–Kier alpha value is -0.0400. The summed E-state index contributed by atoms with van der Waals surface area (Å²) in [4.78, 5) is 0. The van der Waals surface area contributed by atoms with Crippen LogP contribution in [0.1, 0.15) is 73.6 Å². The van der Waals surface area contributed by atoms with Crippen LogP contribution in [0.3, 0.4) is 0 Å². The van der Waals surface area contributed by atoms with Crippen molar-refractivity contribution in [2.24, 2.45) is 22.2 Å². The van der Waals surface area contributed by atoms with E-state index in [1.165, 1.54) is 38.6 Å². The van der Waals surface area contributed by atoms with Crippen molar-refractivity contribution < 1.29 is 0 Å². The first-order chi connectivity index (χ1) is 8.15. The molecule has 2 fully saturated rings. The maximum Gasteiger partial charge on any atom is 0.0175 e. The van der Waals surface area contributed by atoms with Gasteiger partial charge in [0.1, 0.15) is 0 Å². The van der Waals surface area contributed by atoms with E-state index >= 15 is 0 Å². The van der Waals surface area contributed by atoms with Crippen LogP contribution in [-0.4, -0.2) is 12.6 Å². The molecule has 2 aliphatic carbocycles. The Kier molecular flexibility index (Phi) is 3.60. The van der Waals surface area contributed by atoms with Gasteiger partial charge in [-0.15, -0.1) is 0 Å². The van der Waals surface area contributed by atoms with Gasteiger partial charge >= 0.3 is 0 Å². The molecule has 0 radical (unpaired) electrons. The van der Waals surface area contributed by atoms with Crippen LogP contribution in [-0.2, 0) is 0 Å². The Balaban J connectivity index is 1.86. The van der Waals surface area contributed by atoms with Crippen LogP contribution in [0, 0.1) is 22.2 Å². The first-order valence-corrected chi connectivity index (χ1v) is 7.89. The third kappa shape index (κ3) is 2.61. The molecule has 0 spiro atoms. The lowest BCUT2D eigenvalue weighted by Gasteiger charge is -2.43. The highest BCUT2D eigenvalue weighted by molar-refractivity contribution is 5.11. The molecule has 0 aromatic carbocycles. The Bertz CT molecular complexity index is 294. The zero-order valence-electron chi connectivity index (χ0n) is 13.4. The second-order valence-corrected chi connectivity index (χ2v) is 8.97. The summed E-state index contributed by atoms with van der Waals surface area (Å²) in [6.07, 6.45) is 7.00. The average Bonchev–Trinajstić information content (AvgIpc) is 2.66. The summed E-state index contributed by atoms with van der Waals surface area (Å²) in [6.45, 7) is 15.7. The van der Waals surface area contributed by atoms with E-state index in [1.807, 2.05) is 0 Å². The summed E-state index contributed by atoms with van der Waals surface area (Å²) < 4.78 is 0. The highest BCUT2D eigenvalue weighted by atomic mass is 15.0. The summed E-state index contributed by atoms with van der Waals surface area (Å²) in [5.74, 6) is 0.961. The molecule has 1 heteroatoms. The molecule has 0 amide bonds. The predicted molar refractivity (Wildman–Crippen MR) is 79.7 cm³/mol. The zero-order chi connectivity index (χ0) is 13.6. The number of fused-ring (bicyclic) bond motifs is 2. The molecular weight excluding hydrogens is 218 g/mol. The van der Waals surface area contributed by atoms with Gasteiger partial charge in [-0.25, -0.2) is 0 Å². The molecule has 0 aromatic rings. The van der Waals surface area contributed by atoms with Crippen LogP contribution in [0.4, 0.5) is 0 Å². The van der Waals surface area contributed by atoms with Crippen LogP contribution in [0.5, 0.6) is 0 Å². The number of nitrogens with one attached hydrogen (secondary N) is 1. The number of hydrogen-bond donors (Lipinski definition) is 1. The fraction of sp³-hybridized carbons (Fsp3) is 1.00. The lowest BCUT2D eigenvalue weighted by Crippen LogP contribution is -2.50. The van der Waals surface area contributed by atoms with Gasteiger partial charge in [0.15, 0.2) is 0 Å². The largest absolute Gasteiger partial charge is 0.313 e. The molecule has 0 heterocycles. The Morgan fingerprint density at radius 1 is 1.17 bits per heavy atom. The standard InChI is InChI=1S/C17H33N/c1-15(2,3)9-7-11-18-14-16(4,5)13-8-10-17(14,6)12-13/h13-14,18H,7-12H2,1-6H3. The lowest BCUT2D eigenvalue weighted by atomic mass is 9.68. The molecule has 3 unspecified atom stereocenters. The number of rotatable bonds is 4. The molecule has 106 valence electrons. The summed E-state index contributed by atoms with van der Waals surface area (Å²) >= 11 is 0. The highest BCUT2D eigenvalue weighted by Gasteiger charge is 2.58. The Morgan fingerprint density at radius 2 is 1.83 bits per heavy atom. The van der Waals surface area contributed by atoms with Crippen molar-refractivity contribution >= 4 is 0 Å². The van der Waals surface area contributed by atoms with E-state index in [2.05, 4.69) is 46.9 Å². The lowest BCUT2D eigenvalue weighted by molar-refractivity contribution is 0.108. The maximum absolute atomic E-state index is 3.92. The van der Waals surface area contributed by atoms with E-state index in [-0.39, 0.29) is 0 Å². The fourth-order valence-electron chi connectivity index (χ4n) is 4.68. The maximum atomic E-state index is 3.92. The van der Waals surface area contributed by atoms with Crippen molar-refractivity contribution in [2.45, 2.75) is 79.7 Å². The summed E-state index contributed by atoms with van der Waals surface area (Å²) in [5.41, 5.74) is 1.57. The molecule has 0 saturated heterocycles. The van der Waals surface area contributed by atoms with Gasteiger partial charge < -0.3 is 5.32 Å². The summed E-state index contributed by atoms with van der Waals surface area (Å²) in [6, 6.07) is 0.740. The SMILES string of the molecule is CC(C)(C)CCCNC1C2(C)CCC(C2)C1(C)C. The van der Waals surface area contributed by atoms with Crippen LogP contribution in [0.15, 0.2) is 0 Å². The number of hydrogen-bond acceptors (Lipinski definition) is 1. The monoisotopic (exact) mass is 251 g/mol. The summed E-state index contributed by atoms with van der Waals surface area (Å²) in [7, 11) is 0. The van der Waals surface area contributed by atoms with Gasteiger partial charge in [0, 0.05) is 6.04 Å². The molecule has 2 saturated carbocycles. The molecule has 0 aromatic heterocycles. The van der Waals surface area contributed by atoms with Gasteiger partial charge in [0.2, 0.25) is 0 Å². The van der Waals surface area contributed by atoms with Gasteiger partial charge in [-0.05, 0) is 60.8 Å². The van der Waals surface area contributed by atoms with E-state index in [9.17, 15) is 0 Å². The van der Waals surface area contributed by atoms with Crippen LogP contribution < -0.4 is 5.32 Å². The van der Waals surface area contributed by atoms with Gasteiger partial charge in [-0.3, -0.25) is 0 Å². The van der Waals surface area contributed by atoms with E-state index in [1.54, 1.807) is 0 Å². The zero-order valence-corrected chi connectivity index (χ0v) is 13.4. The van der Waals surface area contributed by atoms with Crippen molar-refractivity contribution in [1.29, 1.82) is 0 Å². The van der Waals surface area contributed by atoms with Gasteiger partial charge in [0.25, 0.3) is 0 Å². The molecule has 18 heavy (non-hydrogen) atoms. The molecule has 2 aliphatic rings. The smallest absolute Gasteiger partial charge is 0.0175 e. The predicted octanol–water partition coefficient (Wildman–Crippen LogP) is 4.62. The molecular formula is C17H33N. The quantitative estimate of drug-likeness (QED) is 0.719. The van der Waals surface area contributed by atoms with E-state index < -0.39 is 0 Å². The van der Waals surface area contributed by atoms with Gasteiger partial charge in [-0.2, -0.15) is 0 Å². The first kappa shape index (κ1) is 14.4. The topological polar surface area (TPSA) is 12.0 Å². The average molecular weight is 251 g/mol. The minimum Gasteiger partial charge on any atom is -0.313 e. The van der Waals surface area contributed by atoms with E-state index in [0.29, 0.717) is 16.2 Å². The fourth-order valence-corrected chi connectivity index (χ4v) is 4.68. The summed E-state index contributed by atoms with van der Waals surface area (Å²) in [5, 5.41) is 3.92. The van der Waals surface area contributed by atoms with Gasteiger partial charge in [-0.1, -0.05) is 41.5 Å². The molecule has 2 rings (SSSR count). The minimum atomic E-state index is 0.482. The van der Waals surface area contributed by atoms with Crippen molar-refractivity contribution in [2.75, 3.05) is 6.54 Å². The van der Waals surface area contributed by atoms with E-state index in [0.717, 1.165) is 12.0 Å². The van der Waals surface area contributed by atoms with Crippen LogP contribution >= 0.6 is 0 Å². The molecule has 3 atom stereocenters. The third-order valence-electron chi connectivity index (χ3n) is 5.72. The van der Waals surface area contributed by atoms with Gasteiger partial charge in [0.05, 0.1) is 0 Å². The highest BCUT2D eigenvalue weighted by Crippen LogP contribution is 2.62. The van der Waals surface area contributed by atoms with Crippen molar-refractivity contribution in [1.82, 2.24) is 5.32 Å². The van der Waals surface area contributed by atoms with Crippen molar-refractivity contribution in [3.63, 3.8) is 0 Å². The normalized spacial score (nSPS) is 38.3. The molecule has 2 bridgehead atoms. The second kappa shape index (κ2) is 4.51. The van der Waals surface area contributed by atoms with Crippen LogP contribution in [0.2, 0.25) is 0 Å². The Morgan fingerprint density at radius 3 is 2.33 bits per heavy atom. The third-order valence-corrected chi connectivity index (χ3v) is 5.72.